The number of fused-ring (bicyclic) bond motifs is 1. The van der Waals surface area contributed by atoms with Crippen molar-refractivity contribution in [1.29, 1.82) is 0 Å². The molecule has 9 heteroatoms. The highest BCUT2D eigenvalue weighted by atomic mass is 32.2. The predicted octanol–water partition coefficient (Wildman–Crippen LogP) is 7.61. The molecule has 0 saturated carbocycles. The van der Waals surface area contributed by atoms with E-state index in [1.807, 2.05) is 61.5 Å². The third kappa shape index (κ3) is 7.49. The molecule has 226 valence electrons. The van der Waals surface area contributed by atoms with Crippen molar-refractivity contribution in [3.05, 3.63) is 119 Å². The highest BCUT2D eigenvalue weighted by Crippen LogP contribution is 2.40. The van der Waals surface area contributed by atoms with Crippen LogP contribution in [0.3, 0.4) is 0 Å². The third-order valence-corrected chi connectivity index (χ3v) is 9.83. The number of thioether (sulfide) groups is 1. The minimum Gasteiger partial charge on any atom is -0.392 e. The number of carbonyl (C=O) groups excluding carboxylic acids is 1. The summed E-state index contributed by atoms with van der Waals surface area (Å²) in [5, 5.41) is 15.2. The normalized spacial score (nSPS) is 18.3. The van der Waals surface area contributed by atoms with E-state index in [-0.39, 0.29) is 24.8 Å². The van der Waals surface area contributed by atoms with Crippen LogP contribution in [0.2, 0.25) is 0 Å². The Morgan fingerprint density at radius 2 is 1.70 bits per heavy atom. The minimum absolute atomic E-state index is 0.0128. The number of aliphatic hydroxyl groups excluding tert-OH is 1. The maximum Gasteiger partial charge on any atom is 0.315 e. The van der Waals surface area contributed by atoms with Crippen molar-refractivity contribution in [3.8, 4) is 11.1 Å². The molecule has 1 aromatic heterocycles. The molecule has 0 unspecified atom stereocenters. The molecule has 6 rings (SSSR count). The average Bonchev–Trinajstić information content (AvgIpc) is 3.50. The number of urea groups is 1. The number of nitrogens with one attached hydrogen (secondary N) is 2. The van der Waals surface area contributed by atoms with Crippen LogP contribution in [0.4, 0.5) is 4.79 Å². The van der Waals surface area contributed by atoms with Crippen LogP contribution in [0.5, 0.6) is 0 Å². The molecule has 4 aromatic carbocycles. The molecule has 0 bridgehead atoms. The number of ether oxygens (including phenoxy) is 2. The maximum atomic E-state index is 11.8. The molecule has 0 aliphatic carbocycles. The number of nitrogens with zero attached hydrogens (tertiary/aromatic N) is 1. The van der Waals surface area contributed by atoms with Gasteiger partial charge in [-0.05, 0) is 52.9 Å². The molecular formula is C35H35N3O4S2. The largest absolute Gasteiger partial charge is 0.392 e. The summed E-state index contributed by atoms with van der Waals surface area (Å²) < 4.78 is 15.3. The van der Waals surface area contributed by atoms with E-state index >= 15 is 0 Å². The number of amides is 2. The molecule has 1 aliphatic heterocycles. The van der Waals surface area contributed by atoms with E-state index in [4.69, 9.17) is 14.5 Å². The Morgan fingerprint density at radius 1 is 0.909 bits per heavy atom. The zero-order valence-corrected chi connectivity index (χ0v) is 26.1. The molecule has 3 N–H and O–H groups in total. The Kier molecular flexibility index (Phi) is 9.89. The van der Waals surface area contributed by atoms with Crippen LogP contribution >= 0.6 is 23.1 Å². The zero-order chi connectivity index (χ0) is 30.3. The lowest BCUT2D eigenvalue weighted by molar-refractivity contribution is -0.245. The second-order valence-electron chi connectivity index (χ2n) is 10.6. The van der Waals surface area contributed by atoms with Gasteiger partial charge in [-0.15, -0.1) is 11.3 Å². The van der Waals surface area contributed by atoms with Crippen LogP contribution in [0.15, 0.2) is 101 Å². The lowest BCUT2D eigenvalue weighted by Crippen LogP contribution is -2.34. The van der Waals surface area contributed by atoms with Crippen molar-refractivity contribution in [2.75, 3.05) is 12.3 Å². The number of aliphatic hydroxyl groups is 1. The fourth-order valence-electron chi connectivity index (χ4n) is 5.20. The van der Waals surface area contributed by atoms with Gasteiger partial charge in [-0.2, -0.15) is 0 Å². The quantitative estimate of drug-likeness (QED) is 0.138. The van der Waals surface area contributed by atoms with Gasteiger partial charge >= 0.3 is 6.03 Å². The second-order valence-corrected chi connectivity index (χ2v) is 12.9. The van der Waals surface area contributed by atoms with Gasteiger partial charge in [0.2, 0.25) is 0 Å². The number of rotatable bonds is 10. The van der Waals surface area contributed by atoms with Gasteiger partial charge in [-0.1, -0.05) is 90.6 Å². The van der Waals surface area contributed by atoms with Crippen molar-refractivity contribution < 1.29 is 19.4 Å². The summed E-state index contributed by atoms with van der Waals surface area (Å²) in [6.07, 6.45) is 0.0226. The van der Waals surface area contributed by atoms with Gasteiger partial charge in [0.25, 0.3) is 0 Å². The molecule has 2 amide bonds. The molecule has 1 fully saturated rings. The van der Waals surface area contributed by atoms with Gasteiger partial charge in [0.05, 0.1) is 29.0 Å². The zero-order valence-electron chi connectivity index (χ0n) is 24.4. The molecule has 5 aromatic rings. The summed E-state index contributed by atoms with van der Waals surface area (Å²) in [6, 6.07) is 32.5. The van der Waals surface area contributed by atoms with Crippen molar-refractivity contribution in [2.45, 2.75) is 49.3 Å². The highest BCUT2D eigenvalue weighted by molar-refractivity contribution is 8.01. The van der Waals surface area contributed by atoms with Crippen molar-refractivity contribution in [2.24, 2.45) is 0 Å². The number of aromatic nitrogens is 1. The number of hydrogen-bond donors (Lipinski definition) is 3. The molecule has 2 heterocycles. The number of benzene rings is 4. The summed E-state index contributed by atoms with van der Waals surface area (Å²) in [5.74, 6) is 0.764. The Morgan fingerprint density at radius 3 is 2.48 bits per heavy atom. The van der Waals surface area contributed by atoms with Gasteiger partial charge in [-0.25, -0.2) is 9.78 Å². The van der Waals surface area contributed by atoms with E-state index in [9.17, 15) is 9.90 Å². The molecule has 7 nitrogen and oxygen atoms in total. The minimum atomic E-state index is -0.520. The predicted molar refractivity (Wildman–Crippen MR) is 177 cm³/mol. The first-order valence-electron chi connectivity index (χ1n) is 14.8. The smallest absolute Gasteiger partial charge is 0.315 e. The first-order chi connectivity index (χ1) is 21.6. The summed E-state index contributed by atoms with van der Waals surface area (Å²) in [6.45, 7) is 2.95. The highest BCUT2D eigenvalue weighted by Gasteiger charge is 2.32. The SMILES string of the molecule is CCNC(=O)NCc1cccc(-c2ccc([C@H]3O[C@@H](CSc4nc5ccccc5s4)C[C@@H](c4ccc(CO)cc4)O3)cc2)c1. The fourth-order valence-corrected chi connectivity index (χ4v) is 7.31. The van der Waals surface area contributed by atoms with E-state index in [1.54, 1.807) is 23.1 Å². The van der Waals surface area contributed by atoms with Crippen molar-refractivity contribution in [1.82, 2.24) is 15.6 Å². The van der Waals surface area contributed by atoms with E-state index in [0.717, 1.165) is 55.4 Å². The van der Waals surface area contributed by atoms with Crippen LogP contribution < -0.4 is 10.6 Å². The van der Waals surface area contributed by atoms with Crippen LogP contribution in [-0.4, -0.2) is 34.5 Å². The first kappa shape index (κ1) is 30.3. The average molecular weight is 626 g/mol. The molecule has 1 saturated heterocycles. The van der Waals surface area contributed by atoms with Gasteiger partial charge in [-0.3, -0.25) is 0 Å². The standard InChI is InChI=1S/C35H35N3O4S2/c1-2-36-34(40)37-20-24-6-5-7-28(18-24)25-14-16-27(17-15-25)33-41-29(19-31(42-33)26-12-10-23(21-39)11-13-26)22-43-35-38-30-8-3-4-9-32(30)44-35/h3-18,29,31,33,39H,2,19-22H2,1H3,(H2,36,37,40)/t29-,31+,33+/m1/s1. The summed E-state index contributed by atoms with van der Waals surface area (Å²) in [4.78, 5) is 16.6. The van der Waals surface area contributed by atoms with Crippen molar-refractivity contribution >= 4 is 39.3 Å². The molecule has 0 radical (unpaired) electrons. The lowest BCUT2D eigenvalue weighted by Gasteiger charge is -2.36. The van der Waals surface area contributed by atoms with E-state index in [2.05, 4.69) is 53.1 Å². The van der Waals surface area contributed by atoms with Gasteiger partial charge in [0.15, 0.2) is 10.6 Å². The summed E-state index contributed by atoms with van der Waals surface area (Å²) in [5.41, 5.74) is 7.10. The Balaban J connectivity index is 1.18. The third-order valence-electron chi connectivity index (χ3n) is 7.52. The maximum absolute atomic E-state index is 11.8. The van der Waals surface area contributed by atoms with Gasteiger partial charge < -0.3 is 25.2 Å². The van der Waals surface area contributed by atoms with Crippen molar-refractivity contribution in [3.63, 3.8) is 0 Å². The fraction of sp³-hybridized carbons (Fsp3) is 0.257. The Hall–Kier alpha value is -3.73. The van der Waals surface area contributed by atoms with E-state index in [0.29, 0.717) is 13.1 Å². The van der Waals surface area contributed by atoms with Crippen LogP contribution in [0.25, 0.3) is 21.3 Å². The van der Waals surface area contributed by atoms with Crippen LogP contribution in [-0.2, 0) is 22.6 Å². The molecule has 0 spiro atoms. The molecule has 3 atom stereocenters. The van der Waals surface area contributed by atoms with Crippen LogP contribution in [0, 0.1) is 0 Å². The Bertz CT molecular complexity index is 1660. The van der Waals surface area contributed by atoms with E-state index in [1.165, 1.54) is 4.70 Å². The summed E-state index contributed by atoms with van der Waals surface area (Å²) in [7, 11) is 0. The van der Waals surface area contributed by atoms with Gasteiger partial charge in [0.1, 0.15) is 0 Å². The van der Waals surface area contributed by atoms with Crippen LogP contribution in [0.1, 0.15) is 48.0 Å². The first-order valence-corrected chi connectivity index (χ1v) is 16.6. The molecular weight excluding hydrogens is 591 g/mol. The van der Waals surface area contributed by atoms with E-state index < -0.39 is 6.29 Å². The van der Waals surface area contributed by atoms with Gasteiger partial charge in [0, 0.05) is 30.8 Å². The molecule has 44 heavy (non-hydrogen) atoms. The number of thiazole rings is 1. The number of hydrogen-bond acceptors (Lipinski definition) is 7. The monoisotopic (exact) mass is 625 g/mol. The second kappa shape index (κ2) is 14.4. The lowest BCUT2D eigenvalue weighted by atomic mass is 9.99. The number of para-hydroxylation sites is 1. The molecule has 1 aliphatic rings. The number of carbonyl (C=O) groups is 1. The Labute approximate surface area is 265 Å². The summed E-state index contributed by atoms with van der Waals surface area (Å²) >= 11 is 3.44. The topological polar surface area (TPSA) is 92.7 Å².